The van der Waals surface area contributed by atoms with E-state index in [1.807, 2.05) is 29.1 Å². The van der Waals surface area contributed by atoms with E-state index in [0.717, 1.165) is 29.4 Å². The smallest absolute Gasteiger partial charge is 0.273 e. The third kappa shape index (κ3) is 3.70. The van der Waals surface area contributed by atoms with E-state index in [1.165, 1.54) is 25.5 Å². The van der Waals surface area contributed by atoms with E-state index in [9.17, 15) is 8.78 Å². The molecule has 178 valence electrons. The highest BCUT2D eigenvalue weighted by Crippen LogP contribution is 2.43. The number of nitrogens with zero attached hydrogens (tertiary/aromatic N) is 5. The fraction of sp³-hybridized carbons (Fsp3) is 0.458. The zero-order valence-corrected chi connectivity index (χ0v) is 18.9. The van der Waals surface area contributed by atoms with Gasteiger partial charge in [0.25, 0.3) is 5.92 Å². The van der Waals surface area contributed by atoms with Crippen molar-refractivity contribution in [2.24, 2.45) is 5.92 Å². The fourth-order valence-electron chi connectivity index (χ4n) is 4.87. The highest BCUT2D eigenvalue weighted by molar-refractivity contribution is 5.64. The van der Waals surface area contributed by atoms with Crippen LogP contribution in [0.25, 0.3) is 5.69 Å². The van der Waals surface area contributed by atoms with Crippen LogP contribution in [-0.2, 0) is 6.42 Å². The fourth-order valence-corrected chi connectivity index (χ4v) is 4.87. The molecule has 1 aliphatic carbocycles. The summed E-state index contributed by atoms with van der Waals surface area (Å²) in [7, 11) is 1.62. The van der Waals surface area contributed by atoms with Crippen LogP contribution in [0.4, 0.5) is 26.2 Å². The maximum Gasteiger partial charge on any atom is 0.273 e. The number of imidazole rings is 1. The summed E-state index contributed by atoms with van der Waals surface area (Å²) in [6.07, 6.45) is 10.1. The molecular formula is C24H26F2N6O2. The molecular weight excluding hydrogens is 442 g/mol. The number of hydrogen-bond acceptors (Lipinski definition) is 7. The molecule has 8 nitrogen and oxygen atoms in total. The third-order valence-electron chi connectivity index (χ3n) is 7.03. The van der Waals surface area contributed by atoms with Crippen LogP contribution < -0.4 is 19.7 Å². The predicted molar refractivity (Wildman–Crippen MR) is 123 cm³/mol. The van der Waals surface area contributed by atoms with Crippen LogP contribution >= 0.6 is 0 Å². The SMILES string of the molecule is COc1cc(Nc2ncc3c(n2)N2CCC(F)(F)C2CO3)ccc1-n1cnc(CC2CCC2)c1. The van der Waals surface area contributed by atoms with Gasteiger partial charge >= 0.3 is 0 Å². The lowest BCUT2D eigenvalue weighted by Crippen LogP contribution is -2.46. The number of halogens is 2. The molecule has 0 amide bonds. The largest absolute Gasteiger partial charge is 0.494 e. The lowest BCUT2D eigenvalue weighted by molar-refractivity contribution is -0.0213. The van der Waals surface area contributed by atoms with Gasteiger partial charge in [0, 0.05) is 30.9 Å². The van der Waals surface area contributed by atoms with E-state index < -0.39 is 12.0 Å². The second kappa shape index (κ2) is 8.11. The molecule has 1 N–H and O–H groups in total. The number of nitrogens with one attached hydrogen (secondary N) is 1. The zero-order valence-electron chi connectivity index (χ0n) is 18.9. The van der Waals surface area contributed by atoms with Crippen molar-refractivity contribution in [1.82, 2.24) is 19.5 Å². The van der Waals surface area contributed by atoms with Gasteiger partial charge < -0.3 is 24.3 Å². The molecule has 10 heteroatoms. The van der Waals surface area contributed by atoms with Crippen molar-refractivity contribution >= 4 is 17.5 Å². The predicted octanol–water partition coefficient (Wildman–Crippen LogP) is 4.36. The molecule has 1 atom stereocenters. The van der Waals surface area contributed by atoms with Gasteiger partial charge in [-0.3, -0.25) is 0 Å². The Hall–Kier alpha value is -3.43. The number of alkyl halides is 2. The van der Waals surface area contributed by atoms with Crippen molar-refractivity contribution in [2.75, 3.05) is 30.5 Å². The topological polar surface area (TPSA) is 77.3 Å². The summed E-state index contributed by atoms with van der Waals surface area (Å²) in [5, 5.41) is 3.16. The van der Waals surface area contributed by atoms with Crippen molar-refractivity contribution in [2.45, 2.75) is 44.1 Å². The average molecular weight is 469 g/mol. The first-order valence-electron chi connectivity index (χ1n) is 11.6. The molecule has 1 unspecified atom stereocenters. The summed E-state index contributed by atoms with van der Waals surface area (Å²) in [4.78, 5) is 15.0. The van der Waals surface area contributed by atoms with Crippen molar-refractivity contribution < 1.29 is 18.3 Å². The first-order valence-corrected chi connectivity index (χ1v) is 11.6. The molecule has 2 aromatic heterocycles. The number of aromatic nitrogens is 4. The molecule has 3 aromatic rings. The van der Waals surface area contributed by atoms with Crippen molar-refractivity contribution in [3.05, 3.63) is 42.6 Å². The molecule has 34 heavy (non-hydrogen) atoms. The molecule has 0 bridgehead atoms. The lowest BCUT2D eigenvalue weighted by Gasteiger charge is -2.33. The molecule has 1 saturated carbocycles. The van der Waals surface area contributed by atoms with Crippen LogP contribution in [0.15, 0.2) is 36.9 Å². The molecule has 3 aliphatic rings. The molecule has 6 rings (SSSR count). The van der Waals surface area contributed by atoms with E-state index in [1.54, 1.807) is 12.0 Å². The standard InChI is InChI=1S/C24H26F2N6O2/c1-33-19-10-16(5-6-18(19)31-12-17(28-14-31)9-15-3-2-4-15)29-23-27-11-20-22(30-23)32-8-7-24(25,26)21(32)13-34-20/h5-6,10-12,14-15,21H,2-4,7-9,13H2,1H3,(H,27,29,30). The van der Waals surface area contributed by atoms with E-state index in [4.69, 9.17) is 9.47 Å². The Morgan fingerprint density at radius 2 is 2.15 bits per heavy atom. The Labute approximate surface area is 195 Å². The second-order valence-corrected chi connectivity index (χ2v) is 9.20. The summed E-state index contributed by atoms with van der Waals surface area (Å²) >= 11 is 0. The highest BCUT2D eigenvalue weighted by Gasteiger charge is 2.52. The van der Waals surface area contributed by atoms with Gasteiger partial charge in [-0.05, 0) is 24.5 Å². The van der Waals surface area contributed by atoms with Crippen molar-refractivity contribution in [3.8, 4) is 17.2 Å². The number of fused-ring (bicyclic) bond motifs is 3. The zero-order chi connectivity index (χ0) is 23.3. The van der Waals surface area contributed by atoms with Crippen molar-refractivity contribution in [3.63, 3.8) is 0 Å². The van der Waals surface area contributed by atoms with Gasteiger partial charge in [-0.15, -0.1) is 0 Å². The van der Waals surface area contributed by atoms with Gasteiger partial charge in [-0.25, -0.2) is 18.7 Å². The quantitative estimate of drug-likeness (QED) is 0.576. The summed E-state index contributed by atoms with van der Waals surface area (Å²) in [6.45, 7) is 0.173. The Morgan fingerprint density at radius 3 is 2.94 bits per heavy atom. The average Bonchev–Trinajstić information content (AvgIpc) is 3.40. The van der Waals surface area contributed by atoms with E-state index >= 15 is 0 Å². The number of benzene rings is 1. The number of methoxy groups -OCH3 is 1. The van der Waals surface area contributed by atoms with Gasteiger partial charge in [0.1, 0.15) is 18.4 Å². The van der Waals surface area contributed by atoms with Crippen LogP contribution in [0.3, 0.4) is 0 Å². The van der Waals surface area contributed by atoms with Crippen LogP contribution in [0, 0.1) is 5.92 Å². The number of hydrogen-bond donors (Lipinski definition) is 1. The molecule has 0 spiro atoms. The number of anilines is 3. The van der Waals surface area contributed by atoms with Gasteiger partial charge in [-0.2, -0.15) is 4.98 Å². The maximum absolute atomic E-state index is 14.2. The van der Waals surface area contributed by atoms with Crippen LogP contribution in [-0.4, -0.2) is 51.7 Å². The van der Waals surface area contributed by atoms with Gasteiger partial charge in [0.05, 0.1) is 31.0 Å². The van der Waals surface area contributed by atoms with Crippen LogP contribution in [0.5, 0.6) is 11.5 Å². The van der Waals surface area contributed by atoms with E-state index in [-0.39, 0.29) is 19.6 Å². The van der Waals surface area contributed by atoms with E-state index in [0.29, 0.717) is 23.3 Å². The molecule has 2 fully saturated rings. The first-order chi connectivity index (χ1) is 16.5. The summed E-state index contributed by atoms with van der Waals surface area (Å²) < 4.78 is 41.4. The lowest BCUT2D eigenvalue weighted by atomic mass is 9.82. The Balaban J connectivity index is 1.22. The highest BCUT2D eigenvalue weighted by atomic mass is 19.3. The molecule has 4 heterocycles. The minimum Gasteiger partial charge on any atom is -0.494 e. The van der Waals surface area contributed by atoms with Gasteiger partial charge in [0.15, 0.2) is 11.6 Å². The van der Waals surface area contributed by atoms with Gasteiger partial charge in [0.2, 0.25) is 5.95 Å². The first kappa shape index (κ1) is 21.1. The minimum absolute atomic E-state index is 0.0641. The molecule has 2 aliphatic heterocycles. The normalized spacial score (nSPS) is 20.8. The van der Waals surface area contributed by atoms with E-state index in [2.05, 4.69) is 26.5 Å². The Bertz CT molecular complexity index is 1210. The molecule has 1 saturated heterocycles. The second-order valence-electron chi connectivity index (χ2n) is 9.20. The van der Waals surface area contributed by atoms with Crippen molar-refractivity contribution in [1.29, 1.82) is 0 Å². The Morgan fingerprint density at radius 1 is 1.26 bits per heavy atom. The van der Waals surface area contributed by atoms with Crippen LogP contribution in [0.1, 0.15) is 31.4 Å². The Kier molecular flexibility index (Phi) is 5.04. The summed E-state index contributed by atoms with van der Waals surface area (Å²) in [5.41, 5.74) is 2.68. The monoisotopic (exact) mass is 468 g/mol. The van der Waals surface area contributed by atoms with Crippen LogP contribution in [0.2, 0.25) is 0 Å². The number of ether oxygens (including phenoxy) is 2. The summed E-state index contributed by atoms with van der Waals surface area (Å²) in [6, 6.07) is 4.70. The number of rotatable bonds is 6. The molecule has 1 aromatic carbocycles. The molecule has 0 radical (unpaired) electrons. The minimum atomic E-state index is -2.79. The summed E-state index contributed by atoms with van der Waals surface area (Å²) in [5.74, 6) is -0.251. The third-order valence-corrected chi connectivity index (χ3v) is 7.03. The maximum atomic E-state index is 14.2. The van der Waals surface area contributed by atoms with Gasteiger partial charge in [-0.1, -0.05) is 19.3 Å².